The molecule has 376 valence electrons. The quantitative estimate of drug-likeness (QED) is 0.0243. The van der Waals surface area contributed by atoms with Crippen LogP contribution in [0.4, 0.5) is 0 Å². The normalized spacial score (nSPS) is 14.1. The second kappa shape index (κ2) is 46.4. The summed E-state index contributed by atoms with van der Waals surface area (Å²) in [4.78, 5) is 23.3. The van der Waals surface area contributed by atoms with E-state index in [9.17, 15) is 19.4 Å². The van der Waals surface area contributed by atoms with Crippen molar-refractivity contribution >= 4 is 13.7 Å². The van der Waals surface area contributed by atoms with Crippen LogP contribution in [0.5, 0.6) is 0 Å². The monoisotopic (exact) mass is 914 g/mol. The Morgan fingerprint density at radius 2 is 0.857 bits per heavy atom. The van der Waals surface area contributed by atoms with Gasteiger partial charge in [0.25, 0.3) is 0 Å². The number of likely N-dealkylation sites (N-methyl/N-ethyl adjacent to an activating group) is 1. The van der Waals surface area contributed by atoms with Gasteiger partial charge in [0, 0.05) is 6.42 Å². The minimum absolute atomic E-state index is 0.0761. The van der Waals surface area contributed by atoms with Crippen molar-refractivity contribution in [2.75, 3.05) is 40.9 Å². The molecule has 0 fully saturated rings. The number of aliphatic hydroxyl groups is 1. The number of hydrogen-bond donors (Lipinski definition) is 3. The standard InChI is InChI=1S/C54H109N2O6P/c1-6-8-10-12-14-16-18-20-22-24-26-27-28-29-30-32-34-36-38-40-42-44-46-48-54(58)55-52(51-62-63(59,60)61-50-49-56(3,4)5)53(57)47-45-43-41-39-37-35-33-31-25-23-21-19-17-15-13-11-9-7-2/h29-30,52-53,57H,6-28,31-51H2,1-5H3,(H-,55,58,59,60)/p+1/b30-29-. The van der Waals surface area contributed by atoms with Crippen molar-refractivity contribution < 1.29 is 32.9 Å². The number of carbonyl (C=O) groups is 1. The Morgan fingerprint density at radius 3 is 1.22 bits per heavy atom. The van der Waals surface area contributed by atoms with Crippen LogP contribution in [0.3, 0.4) is 0 Å². The summed E-state index contributed by atoms with van der Waals surface area (Å²) in [5.41, 5.74) is 0. The van der Waals surface area contributed by atoms with Crippen molar-refractivity contribution in [1.82, 2.24) is 5.32 Å². The van der Waals surface area contributed by atoms with Gasteiger partial charge in [-0.1, -0.05) is 244 Å². The Balaban J connectivity index is 4.19. The van der Waals surface area contributed by atoms with Crippen LogP contribution in [0.2, 0.25) is 0 Å². The first-order valence-corrected chi connectivity index (χ1v) is 29.0. The molecule has 3 atom stereocenters. The summed E-state index contributed by atoms with van der Waals surface area (Å²) in [5, 5.41) is 14.0. The molecule has 0 heterocycles. The number of carbonyl (C=O) groups excluding carboxylic acids is 1. The fourth-order valence-corrected chi connectivity index (χ4v) is 9.13. The number of hydrogen-bond acceptors (Lipinski definition) is 5. The topological polar surface area (TPSA) is 105 Å². The molecule has 0 saturated heterocycles. The van der Waals surface area contributed by atoms with Crippen molar-refractivity contribution in [2.45, 2.75) is 289 Å². The average molecular weight is 914 g/mol. The van der Waals surface area contributed by atoms with Crippen LogP contribution in [-0.2, 0) is 18.4 Å². The van der Waals surface area contributed by atoms with Crippen molar-refractivity contribution in [3.8, 4) is 0 Å². The number of aliphatic hydroxyl groups excluding tert-OH is 1. The lowest BCUT2D eigenvalue weighted by molar-refractivity contribution is -0.870. The summed E-state index contributed by atoms with van der Waals surface area (Å²) < 4.78 is 23.8. The Morgan fingerprint density at radius 1 is 0.524 bits per heavy atom. The van der Waals surface area contributed by atoms with E-state index in [1.807, 2.05) is 21.1 Å². The van der Waals surface area contributed by atoms with Gasteiger partial charge >= 0.3 is 7.82 Å². The highest BCUT2D eigenvalue weighted by molar-refractivity contribution is 7.47. The molecule has 3 unspecified atom stereocenters. The summed E-state index contributed by atoms with van der Waals surface area (Å²) in [6.45, 7) is 4.93. The predicted molar refractivity (Wildman–Crippen MR) is 272 cm³/mol. The number of rotatable bonds is 51. The zero-order valence-electron chi connectivity index (χ0n) is 42.8. The van der Waals surface area contributed by atoms with E-state index in [1.165, 1.54) is 212 Å². The number of nitrogens with zero attached hydrogens (tertiary/aromatic N) is 1. The Hall–Kier alpha value is -0.760. The smallest absolute Gasteiger partial charge is 0.391 e. The molecule has 8 nitrogen and oxygen atoms in total. The summed E-state index contributed by atoms with van der Waals surface area (Å²) in [6.07, 6.45) is 55.4. The minimum Gasteiger partial charge on any atom is -0.391 e. The van der Waals surface area contributed by atoms with Gasteiger partial charge in [0.15, 0.2) is 0 Å². The SMILES string of the molecule is CCCCCCCCCCCCCC/C=C\CCCCCCCCCC(=O)NC(COP(=O)(O)OCC[N+](C)(C)C)C(O)CCCCCCCCCCCCCCCCCCCC. The maximum Gasteiger partial charge on any atom is 0.472 e. The first-order chi connectivity index (χ1) is 30.5. The van der Waals surface area contributed by atoms with Crippen LogP contribution in [0.25, 0.3) is 0 Å². The summed E-state index contributed by atoms with van der Waals surface area (Å²) in [5.74, 6) is -0.144. The van der Waals surface area contributed by atoms with Crippen molar-refractivity contribution in [3.05, 3.63) is 12.2 Å². The van der Waals surface area contributed by atoms with Gasteiger partial charge in [-0.15, -0.1) is 0 Å². The molecule has 0 aliphatic heterocycles. The molecule has 63 heavy (non-hydrogen) atoms. The zero-order chi connectivity index (χ0) is 46.4. The lowest BCUT2D eigenvalue weighted by atomic mass is 10.0. The average Bonchev–Trinajstić information content (AvgIpc) is 3.24. The van der Waals surface area contributed by atoms with Crippen LogP contribution in [0.1, 0.15) is 277 Å². The Labute approximate surface area is 392 Å². The largest absolute Gasteiger partial charge is 0.472 e. The number of unbranched alkanes of at least 4 members (excludes halogenated alkanes) is 36. The van der Waals surface area contributed by atoms with E-state index >= 15 is 0 Å². The van der Waals surface area contributed by atoms with E-state index in [0.717, 1.165) is 38.5 Å². The van der Waals surface area contributed by atoms with Crippen LogP contribution in [0, 0.1) is 0 Å². The molecular formula is C54H110N2O6P+. The number of allylic oxidation sites excluding steroid dienone is 2. The molecule has 0 aliphatic rings. The van der Waals surface area contributed by atoms with E-state index in [1.54, 1.807) is 0 Å². The van der Waals surface area contributed by atoms with Gasteiger partial charge in [-0.2, -0.15) is 0 Å². The first kappa shape index (κ1) is 62.2. The van der Waals surface area contributed by atoms with Crippen LogP contribution in [-0.4, -0.2) is 73.4 Å². The van der Waals surface area contributed by atoms with Gasteiger partial charge in [0.05, 0.1) is 39.9 Å². The number of phosphoric ester groups is 1. The zero-order valence-corrected chi connectivity index (χ0v) is 43.7. The van der Waals surface area contributed by atoms with Gasteiger partial charge in [-0.25, -0.2) is 4.57 Å². The van der Waals surface area contributed by atoms with Crippen molar-refractivity contribution in [1.29, 1.82) is 0 Å². The minimum atomic E-state index is -4.32. The molecule has 3 N–H and O–H groups in total. The number of phosphoric acid groups is 1. The van der Waals surface area contributed by atoms with Crippen LogP contribution in [0.15, 0.2) is 12.2 Å². The first-order valence-electron chi connectivity index (χ1n) is 27.6. The van der Waals surface area contributed by atoms with E-state index in [0.29, 0.717) is 23.9 Å². The number of quaternary nitrogens is 1. The third-order valence-corrected chi connectivity index (χ3v) is 13.7. The van der Waals surface area contributed by atoms with E-state index in [-0.39, 0.29) is 19.1 Å². The lowest BCUT2D eigenvalue weighted by Crippen LogP contribution is -2.46. The Bertz CT molecular complexity index is 1040. The van der Waals surface area contributed by atoms with E-state index < -0.39 is 20.0 Å². The maximum absolute atomic E-state index is 13.0. The fraction of sp³-hybridized carbons (Fsp3) is 0.944. The van der Waals surface area contributed by atoms with Gasteiger partial charge in [0.2, 0.25) is 5.91 Å². The number of nitrogens with one attached hydrogen (secondary N) is 1. The van der Waals surface area contributed by atoms with Crippen molar-refractivity contribution in [2.24, 2.45) is 0 Å². The molecule has 0 spiro atoms. The predicted octanol–water partition coefficient (Wildman–Crippen LogP) is 16.3. The van der Waals surface area contributed by atoms with E-state index in [4.69, 9.17) is 9.05 Å². The molecule has 0 radical (unpaired) electrons. The summed E-state index contributed by atoms with van der Waals surface area (Å²) >= 11 is 0. The highest BCUT2D eigenvalue weighted by Crippen LogP contribution is 2.43. The molecule has 0 aliphatic carbocycles. The molecule has 0 aromatic heterocycles. The van der Waals surface area contributed by atoms with Gasteiger partial charge in [0.1, 0.15) is 13.2 Å². The summed E-state index contributed by atoms with van der Waals surface area (Å²) in [6, 6.07) is -0.760. The molecule has 0 aromatic rings. The third kappa shape index (κ3) is 49.0. The second-order valence-electron chi connectivity index (χ2n) is 20.3. The molecule has 0 bridgehead atoms. The number of amides is 1. The molecule has 9 heteroatoms. The fourth-order valence-electron chi connectivity index (χ4n) is 8.40. The van der Waals surface area contributed by atoms with Crippen molar-refractivity contribution in [3.63, 3.8) is 0 Å². The molecule has 0 saturated carbocycles. The molecular weight excluding hydrogens is 804 g/mol. The van der Waals surface area contributed by atoms with Gasteiger partial charge in [-0.3, -0.25) is 13.8 Å². The molecule has 1 amide bonds. The second-order valence-corrected chi connectivity index (χ2v) is 21.8. The highest BCUT2D eigenvalue weighted by atomic mass is 31.2. The highest BCUT2D eigenvalue weighted by Gasteiger charge is 2.28. The van der Waals surface area contributed by atoms with Gasteiger partial charge < -0.3 is 19.8 Å². The lowest BCUT2D eigenvalue weighted by Gasteiger charge is -2.26. The third-order valence-electron chi connectivity index (χ3n) is 12.8. The van der Waals surface area contributed by atoms with Crippen LogP contribution >= 0.6 is 7.82 Å². The van der Waals surface area contributed by atoms with E-state index in [2.05, 4.69) is 31.3 Å². The molecule has 0 aromatic carbocycles. The maximum atomic E-state index is 13.0. The Kier molecular flexibility index (Phi) is 45.8. The molecule has 0 rings (SSSR count). The summed E-state index contributed by atoms with van der Waals surface area (Å²) in [7, 11) is 1.62. The van der Waals surface area contributed by atoms with Crippen LogP contribution < -0.4 is 5.32 Å². The van der Waals surface area contributed by atoms with Gasteiger partial charge in [-0.05, 0) is 38.5 Å².